The van der Waals surface area contributed by atoms with Crippen LogP contribution in [0.1, 0.15) is 18.1 Å². The predicted molar refractivity (Wildman–Crippen MR) is 104 cm³/mol. The van der Waals surface area contributed by atoms with Gasteiger partial charge in [0.2, 0.25) is 11.8 Å². The van der Waals surface area contributed by atoms with Gasteiger partial charge < -0.3 is 20.5 Å². The van der Waals surface area contributed by atoms with Gasteiger partial charge in [0.05, 0.1) is 7.11 Å². The fraction of sp³-hybridized carbons (Fsp3) is 0.286. The van der Waals surface area contributed by atoms with Crippen molar-refractivity contribution >= 4 is 17.8 Å². The number of nitrogens with one attached hydrogen (secondary N) is 2. The van der Waals surface area contributed by atoms with E-state index in [2.05, 4.69) is 10.6 Å². The van der Waals surface area contributed by atoms with Crippen molar-refractivity contribution in [2.24, 2.45) is 0 Å². The minimum absolute atomic E-state index is 0.0937. The first-order chi connectivity index (χ1) is 13.4. The van der Waals surface area contributed by atoms with Crippen LogP contribution < -0.4 is 15.4 Å². The van der Waals surface area contributed by atoms with Crippen LogP contribution in [-0.2, 0) is 27.2 Å². The first-order valence-corrected chi connectivity index (χ1v) is 8.86. The second-order valence-electron chi connectivity index (χ2n) is 6.40. The van der Waals surface area contributed by atoms with Crippen molar-refractivity contribution < 1.29 is 24.2 Å². The number of methoxy groups -OCH3 is 1. The number of carbonyl (C=O) groups is 3. The summed E-state index contributed by atoms with van der Waals surface area (Å²) in [5.41, 5.74) is 1.57. The summed E-state index contributed by atoms with van der Waals surface area (Å²) in [6, 6.07) is 14.2. The Labute approximate surface area is 163 Å². The molecule has 2 aromatic carbocycles. The average Bonchev–Trinajstić information content (AvgIpc) is 2.67. The van der Waals surface area contributed by atoms with E-state index < -0.39 is 24.0 Å². The molecule has 2 rings (SSSR count). The van der Waals surface area contributed by atoms with Crippen LogP contribution in [-0.4, -0.2) is 42.1 Å². The predicted octanol–water partition coefficient (Wildman–Crippen LogP) is 1.55. The minimum Gasteiger partial charge on any atom is -0.497 e. The lowest BCUT2D eigenvalue weighted by Gasteiger charge is -2.21. The molecule has 0 aliphatic rings. The Hall–Kier alpha value is -3.35. The van der Waals surface area contributed by atoms with E-state index in [0.29, 0.717) is 11.3 Å². The van der Waals surface area contributed by atoms with Crippen LogP contribution in [0.25, 0.3) is 0 Å². The first kappa shape index (κ1) is 21.0. The molecule has 3 N–H and O–H groups in total. The van der Waals surface area contributed by atoms with Gasteiger partial charge in [-0.15, -0.1) is 0 Å². The molecule has 0 saturated heterocycles. The zero-order valence-electron chi connectivity index (χ0n) is 15.8. The van der Waals surface area contributed by atoms with Crippen molar-refractivity contribution in [2.75, 3.05) is 7.11 Å². The molecule has 0 heterocycles. The van der Waals surface area contributed by atoms with Crippen molar-refractivity contribution in [3.8, 4) is 5.75 Å². The largest absolute Gasteiger partial charge is 0.497 e. The van der Waals surface area contributed by atoms with Crippen LogP contribution in [0.5, 0.6) is 5.75 Å². The maximum atomic E-state index is 12.7. The maximum absolute atomic E-state index is 12.7. The Bertz CT molecular complexity index is 823. The Morgan fingerprint density at radius 3 is 2.18 bits per heavy atom. The monoisotopic (exact) mass is 384 g/mol. The average molecular weight is 384 g/mol. The molecule has 0 aliphatic carbocycles. The number of hydrogen-bond acceptors (Lipinski definition) is 4. The molecule has 2 aromatic rings. The molecule has 0 bridgehead atoms. The van der Waals surface area contributed by atoms with Gasteiger partial charge in [-0.3, -0.25) is 9.59 Å². The maximum Gasteiger partial charge on any atom is 0.326 e. The van der Waals surface area contributed by atoms with E-state index in [1.165, 1.54) is 14.0 Å². The molecule has 2 atom stereocenters. The third-order valence-corrected chi connectivity index (χ3v) is 4.17. The van der Waals surface area contributed by atoms with E-state index in [9.17, 15) is 19.5 Å². The van der Waals surface area contributed by atoms with Crippen LogP contribution in [0.15, 0.2) is 54.6 Å². The van der Waals surface area contributed by atoms with Gasteiger partial charge in [-0.05, 0) is 23.3 Å². The summed E-state index contributed by atoms with van der Waals surface area (Å²) >= 11 is 0. The fourth-order valence-corrected chi connectivity index (χ4v) is 2.81. The highest BCUT2D eigenvalue weighted by Gasteiger charge is 2.26. The van der Waals surface area contributed by atoms with Crippen molar-refractivity contribution in [2.45, 2.75) is 31.8 Å². The van der Waals surface area contributed by atoms with Gasteiger partial charge in [-0.25, -0.2) is 4.79 Å². The molecule has 7 nitrogen and oxygen atoms in total. The first-order valence-electron chi connectivity index (χ1n) is 8.86. The summed E-state index contributed by atoms with van der Waals surface area (Å²) in [6.07, 6.45) is 0.355. The van der Waals surface area contributed by atoms with Gasteiger partial charge in [0.15, 0.2) is 0 Å². The number of aliphatic carboxylic acids is 1. The minimum atomic E-state index is -1.16. The van der Waals surface area contributed by atoms with Crippen LogP contribution in [0.2, 0.25) is 0 Å². The molecule has 7 heteroatoms. The molecule has 0 radical (unpaired) electrons. The highest BCUT2D eigenvalue weighted by molar-refractivity contribution is 5.90. The highest BCUT2D eigenvalue weighted by Crippen LogP contribution is 2.14. The summed E-state index contributed by atoms with van der Waals surface area (Å²) < 4.78 is 5.14. The number of carboxylic acid groups (broad SMARTS) is 1. The zero-order valence-corrected chi connectivity index (χ0v) is 15.8. The Balaban J connectivity index is 2.12. The SMILES string of the molecule is COc1cccc(C[C@@H](NC(=O)[C@@H](Cc2ccccc2)NC(C)=O)C(=O)O)c1. The van der Waals surface area contributed by atoms with Gasteiger partial charge in [0.25, 0.3) is 0 Å². The third kappa shape index (κ3) is 6.42. The molecule has 0 aliphatic heterocycles. The van der Waals surface area contributed by atoms with Crippen molar-refractivity contribution in [3.05, 3.63) is 65.7 Å². The van der Waals surface area contributed by atoms with Crippen molar-refractivity contribution in [3.63, 3.8) is 0 Å². The van der Waals surface area contributed by atoms with Crippen molar-refractivity contribution in [1.82, 2.24) is 10.6 Å². The fourth-order valence-electron chi connectivity index (χ4n) is 2.81. The van der Waals surface area contributed by atoms with Gasteiger partial charge in [0.1, 0.15) is 17.8 Å². The molecular formula is C21H24N2O5. The van der Waals surface area contributed by atoms with Gasteiger partial charge in [-0.1, -0.05) is 42.5 Å². The van der Waals surface area contributed by atoms with Crippen LogP contribution in [0, 0.1) is 0 Å². The number of ether oxygens (including phenoxy) is 1. The van der Waals surface area contributed by atoms with E-state index in [0.717, 1.165) is 5.56 Å². The number of benzene rings is 2. The summed E-state index contributed by atoms with van der Waals surface area (Å²) in [4.78, 5) is 35.9. The number of carbonyl (C=O) groups excluding carboxylic acids is 2. The molecule has 0 saturated carbocycles. The van der Waals surface area contributed by atoms with Crippen LogP contribution in [0.4, 0.5) is 0 Å². The highest BCUT2D eigenvalue weighted by atomic mass is 16.5. The van der Waals surface area contributed by atoms with E-state index in [4.69, 9.17) is 4.74 Å². The molecule has 0 aromatic heterocycles. The summed E-state index contributed by atoms with van der Waals surface area (Å²) in [6.45, 7) is 1.32. The van der Waals surface area contributed by atoms with Gasteiger partial charge in [0, 0.05) is 19.8 Å². The Morgan fingerprint density at radius 2 is 1.57 bits per heavy atom. The Morgan fingerprint density at radius 1 is 0.929 bits per heavy atom. The van der Waals surface area contributed by atoms with Crippen molar-refractivity contribution in [1.29, 1.82) is 0 Å². The molecule has 28 heavy (non-hydrogen) atoms. The molecule has 2 amide bonds. The molecule has 0 spiro atoms. The number of hydrogen-bond donors (Lipinski definition) is 3. The summed E-state index contributed by atoms with van der Waals surface area (Å²) in [5, 5.41) is 14.7. The topological polar surface area (TPSA) is 105 Å². The number of rotatable bonds is 9. The molecular weight excluding hydrogens is 360 g/mol. The van der Waals surface area contributed by atoms with E-state index in [1.807, 2.05) is 30.3 Å². The lowest BCUT2D eigenvalue weighted by Crippen LogP contribution is -2.52. The van der Waals surface area contributed by atoms with Crippen LogP contribution in [0.3, 0.4) is 0 Å². The second kappa shape index (κ2) is 10.1. The second-order valence-corrected chi connectivity index (χ2v) is 6.40. The lowest BCUT2D eigenvalue weighted by molar-refractivity contribution is -0.142. The molecule has 0 fully saturated rings. The number of carboxylic acids is 1. The summed E-state index contributed by atoms with van der Waals surface area (Å²) in [5.74, 6) is -1.46. The number of amides is 2. The van der Waals surface area contributed by atoms with Gasteiger partial charge in [-0.2, -0.15) is 0 Å². The third-order valence-electron chi connectivity index (χ3n) is 4.17. The zero-order chi connectivity index (χ0) is 20.5. The van der Waals surface area contributed by atoms with Gasteiger partial charge >= 0.3 is 5.97 Å². The standard InChI is InChI=1S/C21H24N2O5/c1-14(24)22-18(12-15-7-4-3-5-8-15)20(25)23-19(21(26)27)13-16-9-6-10-17(11-16)28-2/h3-11,18-19H,12-13H2,1-2H3,(H,22,24)(H,23,25)(H,26,27)/t18-,19-/m1/s1. The lowest BCUT2D eigenvalue weighted by atomic mass is 10.0. The quantitative estimate of drug-likeness (QED) is 0.609. The molecule has 0 unspecified atom stereocenters. The van der Waals surface area contributed by atoms with E-state index in [1.54, 1.807) is 24.3 Å². The molecule has 148 valence electrons. The van der Waals surface area contributed by atoms with Crippen LogP contribution >= 0.6 is 0 Å². The van der Waals surface area contributed by atoms with E-state index >= 15 is 0 Å². The Kier molecular flexibility index (Phi) is 7.56. The van der Waals surface area contributed by atoms with E-state index in [-0.39, 0.29) is 18.7 Å². The summed E-state index contributed by atoms with van der Waals surface area (Å²) in [7, 11) is 1.52. The smallest absolute Gasteiger partial charge is 0.326 e. The normalized spacial score (nSPS) is 12.5.